The highest BCUT2D eigenvalue weighted by molar-refractivity contribution is 5.67. The molecule has 1 heterocycles. The first-order chi connectivity index (χ1) is 8.74. The van der Waals surface area contributed by atoms with Crippen molar-refractivity contribution in [1.82, 2.24) is 4.98 Å². The van der Waals surface area contributed by atoms with Gasteiger partial charge < -0.3 is 15.5 Å². The number of nitrogen functional groups attached to an aromatic ring is 1. The summed E-state index contributed by atoms with van der Waals surface area (Å²) in [7, 11) is 0. The average molecular weight is 241 g/mol. The highest BCUT2D eigenvalue weighted by atomic mass is 16.5. The second kappa shape index (κ2) is 5.28. The van der Waals surface area contributed by atoms with Gasteiger partial charge in [-0.3, -0.25) is 0 Å². The minimum atomic E-state index is 0.402. The molecule has 0 radical (unpaired) electrons. The third kappa shape index (κ3) is 2.46. The number of benzene rings is 1. The van der Waals surface area contributed by atoms with Crippen LogP contribution in [0.3, 0.4) is 0 Å². The van der Waals surface area contributed by atoms with E-state index < -0.39 is 0 Å². The quantitative estimate of drug-likeness (QED) is 0.864. The smallest absolute Gasteiger partial charge is 0.119 e. The zero-order valence-corrected chi connectivity index (χ0v) is 10.2. The third-order valence-corrected chi connectivity index (χ3v) is 2.61. The number of nitrogens with two attached hydrogens (primary N) is 1. The number of H-pyrrole nitrogens is 1. The molecule has 4 nitrogen and oxygen atoms in total. The molecule has 92 valence electrons. The fourth-order valence-electron chi connectivity index (χ4n) is 1.67. The maximum Gasteiger partial charge on any atom is 0.119 e. The molecule has 2 aromatic rings. The maximum absolute atomic E-state index is 8.85. The van der Waals surface area contributed by atoms with Crippen LogP contribution in [0.25, 0.3) is 11.3 Å². The Morgan fingerprint density at radius 3 is 2.61 bits per heavy atom. The Labute approximate surface area is 106 Å². The summed E-state index contributed by atoms with van der Waals surface area (Å²) in [5.41, 5.74) is 7.97. The zero-order valence-electron chi connectivity index (χ0n) is 10.2. The first kappa shape index (κ1) is 12.1. The van der Waals surface area contributed by atoms with Gasteiger partial charge in [0.05, 0.1) is 12.2 Å². The van der Waals surface area contributed by atoms with Crippen molar-refractivity contribution in [1.29, 1.82) is 5.26 Å². The number of hydrogen-bond donors (Lipinski definition) is 2. The van der Waals surface area contributed by atoms with Crippen LogP contribution in [0.2, 0.25) is 0 Å². The number of nitriles is 1. The topological polar surface area (TPSA) is 74.8 Å². The molecule has 0 spiro atoms. The van der Waals surface area contributed by atoms with Crippen molar-refractivity contribution >= 4 is 5.82 Å². The molecule has 1 aromatic carbocycles. The van der Waals surface area contributed by atoms with E-state index in [1.807, 2.05) is 30.3 Å². The molecule has 4 heteroatoms. The molecular weight excluding hydrogens is 226 g/mol. The number of nitrogens with one attached hydrogen (secondary N) is 1. The summed E-state index contributed by atoms with van der Waals surface area (Å²) in [5.74, 6) is 1.25. The maximum atomic E-state index is 8.85. The van der Waals surface area contributed by atoms with E-state index in [1.54, 1.807) is 6.07 Å². The molecule has 3 N–H and O–H groups in total. The van der Waals surface area contributed by atoms with Crippen molar-refractivity contribution in [3.63, 3.8) is 0 Å². The van der Waals surface area contributed by atoms with E-state index in [0.717, 1.165) is 23.4 Å². The molecule has 18 heavy (non-hydrogen) atoms. The summed E-state index contributed by atoms with van der Waals surface area (Å²) in [6.07, 6.45) is 0.987. The van der Waals surface area contributed by atoms with Crippen molar-refractivity contribution in [3.05, 3.63) is 35.9 Å². The van der Waals surface area contributed by atoms with Crippen LogP contribution in [0.15, 0.2) is 30.3 Å². The van der Waals surface area contributed by atoms with Gasteiger partial charge in [0.15, 0.2) is 0 Å². The molecule has 2 rings (SSSR count). The second-order valence-corrected chi connectivity index (χ2v) is 4.00. The van der Waals surface area contributed by atoms with E-state index in [0.29, 0.717) is 18.0 Å². The molecule has 0 aliphatic heterocycles. The minimum Gasteiger partial charge on any atom is -0.494 e. The molecule has 0 bridgehead atoms. The monoisotopic (exact) mass is 241 g/mol. The van der Waals surface area contributed by atoms with Gasteiger partial charge in [0, 0.05) is 5.69 Å². The van der Waals surface area contributed by atoms with Crippen molar-refractivity contribution < 1.29 is 4.74 Å². The Hall–Kier alpha value is -2.41. The minimum absolute atomic E-state index is 0.402. The van der Waals surface area contributed by atoms with E-state index in [4.69, 9.17) is 15.7 Å². The predicted octanol–water partition coefficient (Wildman–Crippen LogP) is 2.92. The second-order valence-electron chi connectivity index (χ2n) is 4.00. The largest absolute Gasteiger partial charge is 0.494 e. The first-order valence-electron chi connectivity index (χ1n) is 5.86. The molecule has 0 aliphatic rings. The number of rotatable bonds is 4. The van der Waals surface area contributed by atoms with Crippen molar-refractivity contribution in [2.45, 2.75) is 13.3 Å². The van der Waals surface area contributed by atoms with Gasteiger partial charge in [-0.05, 0) is 42.3 Å². The average Bonchev–Trinajstić information content (AvgIpc) is 2.78. The van der Waals surface area contributed by atoms with Gasteiger partial charge in [-0.1, -0.05) is 6.92 Å². The van der Waals surface area contributed by atoms with Crippen molar-refractivity contribution in [2.75, 3.05) is 12.3 Å². The van der Waals surface area contributed by atoms with Crippen LogP contribution < -0.4 is 10.5 Å². The summed E-state index contributed by atoms with van der Waals surface area (Å²) in [5, 5.41) is 8.85. The van der Waals surface area contributed by atoms with E-state index >= 15 is 0 Å². The van der Waals surface area contributed by atoms with Crippen LogP contribution in [-0.2, 0) is 0 Å². The van der Waals surface area contributed by atoms with Gasteiger partial charge in [-0.2, -0.15) is 5.26 Å². The first-order valence-corrected chi connectivity index (χ1v) is 5.86. The Morgan fingerprint density at radius 2 is 2.06 bits per heavy atom. The predicted molar refractivity (Wildman–Crippen MR) is 71.1 cm³/mol. The number of ether oxygens (including phenoxy) is 1. The number of aromatic nitrogens is 1. The number of anilines is 1. The van der Waals surface area contributed by atoms with Crippen LogP contribution in [-0.4, -0.2) is 11.6 Å². The van der Waals surface area contributed by atoms with Gasteiger partial charge >= 0.3 is 0 Å². The lowest BCUT2D eigenvalue weighted by Gasteiger charge is -2.05. The van der Waals surface area contributed by atoms with Gasteiger partial charge in [0.1, 0.15) is 17.6 Å². The molecule has 0 amide bonds. The lowest BCUT2D eigenvalue weighted by Crippen LogP contribution is -1.94. The van der Waals surface area contributed by atoms with Crippen LogP contribution in [0.1, 0.15) is 18.9 Å². The SMILES string of the molecule is CCCOc1ccc(-c2cc(C#N)c(N)[nH]2)cc1. The van der Waals surface area contributed by atoms with E-state index in [-0.39, 0.29) is 0 Å². The van der Waals surface area contributed by atoms with Crippen LogP contribution in [0.5, 0.6) is 5.75 Å². The van der Waals surface area contributed by atoms with Gasteiger partial charge in [-0.25, -0.2) is 0 Å². The van der Waals surface area contributed by atoms with Crippen LogP contribution in [0.4, 0.5) is 5.82 Å². The van der Waals surface area contributed by atoms with Gasteiger partial charge in [0.25, 0.3) is 0 Å². The number of nitrogens with zero attached hydrogens (tertiary/aromatic N) is 1. The molecule has 1 aromatic heterocycles. The summed E-state index contributed by atoms with van der Waals surface area (Å²) in [6.45, 7) is 2.78. The number of hydrogen-bond acceptors (Lipinski definition) is 3. The molecule has 0 unspecified atom stereocenters. The summed E-state index contributed by atoms with van der Waals surface area (Å²) in [6, 6.07) is 11.5. The van der Waals surface area contributed by atoms with Gasteiger partial charge in [-0.15, -0.1) is 0 Å². The Bertz CT molecular complexity index is 564. The Kier molecular flexibility index (Phi) is 3.54. The summed E-state index contributed by atoms with van der Waals surface area (Å²) < 4.78 is 5.51. The highest BCUT2D eigenvalue weighted by Crippen LogP contribution is 2.24. The Morgan fingerprint density at radius 1 is 1.33 bits per heavy atom. The van der Waals surface area contributed by atoms with Crippen LogP contribution in [0, 0.1) is 11.3 Å². The van der Waals surface area contributed by atoms with E-state index in [9.17, 15) is 0 Å². The molecule has 0 aliphatic carbocycles. The van der Waals surface area contributed by atoms with E-state index in [1.165, 1.54) is 0 Å². The summed E-state index contributed by atoms with van der Waals surface area (Å²) >= 11 is 0. The fraction of sp³-hybridized carbons (Fsp3) is 0.214. The lowest BCUT2D eigenvalue weighted by molar-refractivity contribution is 0.317. The fourth-order valence-corrected chi connectivity index (χ4v) is 1.67. The normalized spacial score (nSPS) is 10.0. The molecule has 0 saturated heterocycles. The Balaban J connectivity index is 2.21. The van der Waals surface area contributed by atoms with Gasteiger partial charge in [0.2, 0.25) is 0 Å². The lowest BCUT2D eigenvalue weighted by atomic mass is 10.1. The number of aromatic amines is 1. The molecule has 0 saturated carbocycles. The van der Waals surface area contributed by atoms with Crippen LogP contribution >= 0.6 is 0 Å². The summed E-state index contributed by atoms with van der Waals surface area (Å²) in [4.78, 5) is 2.99. The third-order valence-electron chi connectivity index (χ3n) is 2.61. The van der Waals surface area contributed by atoms with Crippen molar-refractivity contribution in [3.8, 4) is 23.1 Å². The van der Waals surface area contributed by atoms with Crippen molar-refractivity contribution in [2.24, 2.45) is 0 Å². The van der Waals surface area contributed by atoms with E-state index in [2.05, 4.69) is 11.9 Å². The molecular formula is C14H15N3O. The highest BCUT2D eigenvalue weighted by Gasteiger charge is 2.06. The molecule has 0 atom stereocenters. The molecule has 0 fully saturated rings. The standard InChI is InChI=1S/C14H15N3O/c1-2-7-18-12-5-3-10(4-6-12)13-8-11(9-15)14(16)17-13/h3-6,8,17H,2,7,16H2,1H3. The zero-order chi connectivity index (χ0) is 13.0.